The molecule has 0 spiro atoms. The second-order valence-corrected chi connectivity index (χ2v) is 5.34. The fourth-order valence-corrected chi connectivity index (χ4v) is 1.44. The minimum atomic E-state index is -1.34. The average molecular weight is 552 g/mol. The maximum Gasteiger partial charge on any atom is 2.00 e. The van der Waals surface area contributed by atoms with Gasteiger partial charge in [0, 0.05) is 50.4 Å². The van der Waals surface area contributed by atoms with E-state index < -0.39 is 21.8 Å². The molecular formula is C18H28CuN6O10. The molecule has 2 rings (SSSR count). The predicted octanol–water partition coefficient (Wildman–Crippen LogP) is -3.93. The Morgan fingerprint density at radius 1 is 0.600 bits per heavy atom. The van der Waals surface area contributed by atoms with Crippen molar-refractivity contribution in [2.24, 2.45) is 22.9 Å². The summed E-state index contributed by atoms with van der Waals surface area (Å²) >= 11 is 0. The molecule has 17 heteroatoms. The molecule has 0 amide bonds. The Labute approximate surface area is 210 Å². The summed E-state index contributed by atoms with van der Waals surface area (Å²) in [6, 6.07) is 8.99. The van der Waals surface area contributed by atoms with Crippen molar-refractivity contribution in [1.29, 1.82) is 0 Å². The second kappa shape index (κ2) is 25.1. The molecule has 0 aliphatic carbocycles. The van der Waals surface area contributed by atoms with Crippen LogP contribution in [0.2, 0.25) is 0 Å². The Kier molecular flexibility index (Phi) is 29.9. The Morgan fingerprint density at radius 2 is 0.800 bits per heavy atom. The Bertz CT molecular complexity index is 712. The second-order valence-electron chi connectivity index (χ2n) is 5.34. The van der Waals surface area contributed by atoms with Gasteiger partial charge in [0.05, 0.1) is 21.8 Å². The minimum Gasteiger partial charge on any atom is -0.545 e. The normalized spacial score (nSPS) is 8.11. The fraction of sp³-hybridized carbons (Fsp3) is 0.222. The predicted molar refractivity (Wildman–Crippen MR) is 118 cm³/mol. The zero-order valence-electron chi connectivity index (χ0n) is 18.2. The fourth-order valence-electron chi connectivity index (χ4n) is 1.44. The number of nitrogens with two attached hydrogens (primary N) is 4. The van der Waals surface area contributed by atoms with E-state index in [0.29, 0.717) is 26.2 Å². The largest absolute Gasteiger partial charge is 2.00 e. The van der Waals surface area contributed by atoms with E-state index in [9.17, 15) is 40.0 Å². The van der Waals surface area contributed by atoms with Crippen molar-refractivity contribution in [1.82, 2.24) is 0 Å². The van der Waals surface area contributed by atoms with Crippen molar-refractivity contribution in [3.05, 3.63) is 79.9 Å². The van der Waals surface area contributed by atoms with E-state index in [1.807, 2.05) is 0 Å². The van der Waals surface area contributed by atoms with Crippen molar-refractivity contribution >= 4 is 23.3 Å². The van der Waals surface area contributed by atoms with Crippen LogP contribution < -0.4 is 33.1 Å². The van der Waals surface area contributed by atoms with Crippen molar-refractivity contribution < 1.29 is 57.7 Å². The van der Waals surface area contributed by atoms with E-state index in [1.165, 1.54) is 0 Å². The first-order valence-corrected chi connectivity index (χ1v) is 8.77. The van der Waals surface area contributed by atoms with Crippen LogP contribution in [0.1, 0.15) is 20.7 Å². The summed E-state index contributed by atoms with van der Waals surface area (Å²) in [7, 11) is 0. The van der Waals surface area contributed by atoms with Crippen LogP contribution in [-0.2, 0) is 17.1 Å². The monoisotopic (exact) mass is 551 g/mol. The number of carbonyl (C=O) groups excluding carboxylic acids is 2. The minimum absolute atomic E-state index is 0. The number of rotatable bonds is 6. The summed E-state index contributed by atoms with van der Waals surface area (Å²) in [6.07, 6.45) is 0. The van der Waals surface area contributed by atoms with Crippen molar-refractivity contribution in [2.45, 2.75) is 0 Å². The van der Waals surface area contributed by atoms with Crippen LogP contribution in [0.3, 0.4) is 0 Å². The quantitative estimate of drug-likeness (QED) is 0.152. The molecule has 16 nitrogen and oxygen atoms in total. The molecule has 0 aromatic heterocycles. The molecule has 0 bridgehead atoms. The number of carbonyl (C=O) groups is 2. The molecule has 0 aliphatic heterocycles. The van der Waals surface area contributed by atoms with Crippen LogP contribution in [0.25, 0.3) is 0 Å². The number of nitrogens with zero attached hydrogens (tertiary/aromatic N) is 2. The van der Waals surface area contributed by atoms with Crippen LogP contribution in [0.4, 0.5) is 11.4 Å². The van der Waals surface area contributed by atoms with Crippen molar-refractivity contribution in [3.8, 4) is 0 Å². The molecule has 12 N–H and O–H groups in total. The summed E-state index contributed by atoms with van der Waals surface area (Å²) in [5, 5.41) is 40.7. The number of benzene rings is 2. The summed E-state index contributed by atoms with van der Waals surface area (Å²) in [6.45, 7) is 2.39. The topological polar surface area (TPSA) is 334 Å². The van der Waals surface area contributed by atoms with Gasteiger partial charge in [0.15, 0.2) is 0 Å². The molecule has 201 valence electrons. The number of carboxylic acids is 2. The van der Waals surface area contributed by atoms with Gasteiger partial charge in [-0.2, -0.15) is 0 Å². The molecule has 2 aromatic carbocycles. The van der Waals surface area contributed by atoms with Gasteiger partial charge in [-0.15, -0.1) is 0 Å². The summed E-state index contributed by atoms with van der Waals surface area (Å²) in [5.41, 5.74) is 19.2. The maximum atomic E-state index is 10.2. The number of nitro groups is 2. The van der Waals surface area contributed by atoms with Crippen LogP contribution >= 0.6 is 0 Å². The Balaban J connectivity index is -0.000000124. The number of carboxylic acid groups (broad SMARTS) is 2. The molecule has 0 saturated heterocycles. The number of nitro benzene ring substituents is 2. The van der Waals surface area contributed by atoms with Crippen LogP contribution in [0.15, 0.2) is 48.5 Å². The maximum absolute atomic E-state index is 10.2. The third-order valence-electron chi connectivity index (χ3n) is 2.96. The molecule has 0 atom stereocenters. The zero-order chi connectivity index (χ0) is 25.1. The van der Waals surface area contributed by atoms with E-state index in [1.54, 1.807) is 0 Å². The van der Waals surface area contributed by atoms with E-state index in [4.69, 9.17) is 22.9 Å². The number of aromatic carboxylic acids is 2. The number of hydrogen-bond acceptors (Lipinski definition) is 12. The first kappa shape index (κ1) is 41.7. The summed E-state index contributed by atoms with van der Waals surface area (Å²) in [4.78, 5) is 39.5. The van der Waals surface area contributed by atoms with Crippen LogP contribution in [-0.4, -0.2) is 58.9 Å². The van der Waals surface area contributed by atoms with E-state index in [2.05, 4.69) is 0 Å². The van der Waals surface area contributed by atoms with Gasteiger partial charge in [0.1, 0.15) is 0 Å². The Morgan fingerprint density at radius 3 is 0.914 bits per heavy atom. The molecule has 0 heterocycles. The first-order valence-electron chi connectivity index (χ1n) is 8.77. The third kappa shape index (κ3) is 20.8. The van der Waals surface area contributed by atoms with Gasteiger partial charge in [0.25, 0.3) is 11.4 Å². The molecule has 0 aliphatic rings. The smallest absolute Gasteiger partial charge is 0.545 e. The van der Waals surface area contributed by atoms with Crippen molar-refractivity contribution in [3.63, 3.8) is 0 Å². The molecule has 0 saturated carbocycles. The molecular weight excluding hydrogens is 524 g/mol. The third-order valence-corrected chi connectivity index (χ3v) is 2.96. The van der Waals surface area contributed by atoms with Gasteiger partial charge < -0.3 is 53.7 Å². The van der Waals surface area contributed by atoms with Gasteiger partial charge in [-0.25, -0.2) is 0 Å². The van der Waals surface area contributed by atoms with E-state index >= 15 is 0 Å². The number of hydrogen-bond donors (Lipinski definition) is 4. The zero-order valence-corrected chi connectivity index (χ0v) is 19.2. The molecule has 35 heavy (non-hydrogen) atoms. The molecule has 1 radical (unpaired) electrons. The van der Waals surface area contributed by atoms with Gasteiger partial charge in [-0.05, 0) is 35.4 Å². The van der Waals surface area contributed by atoms with E-state index in [-0.39, 0.29) is 50.5 Å². The number of non-ortho nitro benzene ring substituents is 2. The van der Waals surface area contributed by atoms with Crippen LogP contribution in [0.5, 0.6) is 0 Å². The van der Waals surface area contributed by atoms with E-state index in [0.717, 1.165) is 48.5 Å². The molecule has 2 aromatic rings. The standard InChI is InChI=1S/2C7H5NO4.2C2H8N2.Cu.2H2O/c2*9-7(10)5-1-3-6(4-2-5)8(11)12;2*3-1-2-4;;;/h2*1-4H,(H,9,10);2*1-4H2;;2*1H2/q;;;;+2;;/p-2. The molecule has 0 fully saturated rings. The van der Waals surface area contributed by atoms with Crippen molar-refractivity contribution in [2.75, 3.05) is 26.2 Å². The Hall–Kier alpha value is -3.54. The first-order chi connectivity index (χ1) is 15.0. The summed E-state index contributed by atoms with van der Waals surface area (Å²) < 4.78 is 0. The van der Waals surface area contributed by atoms with Gasteiger partial charge >= 0.3 is 17.1 Å². The molecule has 0 unspecified atom stereocenters. The van der Waals surface area contributed by atoms with Gasteiger partial charge in [0.2, 0.25) is 0 Å². The average Bonchev–Trinajstić information content (AvgIpc) is 2.79. The van der Waals surface area contributed by atoms with Gasteiger partial charge in [-0.1, -0.05) is 0 Å². The van der Waals surface area contributed by atoms with Gasteiger partial charge in [-0.3, -0.25) is 20.2 Å². The van der Waals surface area contributed by atoms with Crippen LogP contribution in [0, 0.1) is 20.2 Å². The SMILES string of the molecule is NCCN.NCCN.O.O.O=C([O-])c1ccc([N+](=O)[O-])cc1.O=C([O-])c1ccc([N+](=O)[O-])cc1.[Cu+2]. The summed E-state index contributed by atoms with van der Waals surface area (Å²) in [5.74, 6) is -2.69.